The fourth-order valence-electron chi connectivity index (χ4n) is 1.08. The lowest BCUT2D eigenvalue weighted by molar-refractivity contribution is 1.07. The first-order chi connectivity index (χ1) is 5.86. The van der Waals surface area contributed by atoms with Gasteiger partial charge in [0.15, 0.2) is 0 Å². The van der Waals surface area contributed by atoms with E-state index in [-0.39, 0.29) is 0 Å². The van der Waals surface area contributed by atoms with Gasteiger partial charge in [-0.15, -0.1) is 0 Å². The average Bonchev–Trinajstić information content (AvgIpc) is 2.15. The van der Waals surface area contributed by atoms with Crippen LogP contribution in [-0.2, 0) is 6.54 Å². The lowest BCUT2D eigenvalue weighted by Crippen LogP contribution is -1.95. The number of hydrogen-bond acceptors (Lipinski definition) is 1. The smallest absolute Gasteiger partial charge is 0.0178 e. The molecule has 0 spiro atoms. The lowest BCUT2D eigenvalue weighted by atomic mass is 10.1. The van der Waals surface area contributed by atoms with Crippen molar-refractivity contribution in [1.29, 1.82) is 0 Å². The Hall–Kier alpha value is -1.08. The van der Waals surface area contributed by atoms with Crippen LogP contribution in [0, 0.1) is 0 Å². The van der Waals surface area contributed by atoms with Crippen LogP contribution < -0.4 is 5.73 Å². The van der Waals surface area contributed by atoms with Crippen molar-refractivity contribution in [2.24, 2.45) is 5.73 Å². The minimum atomic E-state index is 0.619. The monoisotopic (exact) mass is 161 g/mol. The van der Waals surface area contributed by atoms with Crippen LogP contribution in [0.4, 0.5) is 0 Å². The summed E-state index contributed by atoms with van der Waals surface area (Å²) in [7, 11) is 0. The summed E-state index contributed by atoms with van der Waals surface area (Å²) in [6.07, 6.45) is 5.35. The summed E-state index contributed by atoms with van der Waals surface area (Å²) >= 11 is 0. The van der Waals surface area contributed by atoms with E-state index < -0.39 is 0 Å². The number of rotatable bonds is 3. The first-order valence-corrected chi connectivity index (χ1v) is 4.32. The maximum Gasteiger partial charge on any atom is 0.0178 e. The third-order valence-electron chi connectivity index (χ3n) is 1.73. The number of benzene rings is 1. The van der Waals surface area contributed by atoms with Gasteiger partial charge in [-0.2, -0.15) is 0 Å². The van der Waals surface area contributed by atoms with Crippen molar-refractivity contribution >= 4 is 6.08 Å². The first kappa shape index (κ1) is 9.01. The Kier molecular flexibility index (Phi) is 3.55. The van der Waals surface area contributed by atoms with Gasteiger partial charge in [-0.1, -0.05) is 43.3 Å². The molecule has 0 atom stereocenters. The summed E-state index contributed by atoms with van der Waals surface area (Å²) in [5, 5.41) is 0. The zero-order valence-corrected chi connectivity index (χ0v) is 7.46. The molecule has 0 amide bonds. The normalized spacial score (nSPS) is 10.8. The van der Waals surface area contributed by atoms with Gasteiger partial charge in [0.05, 0.1) is 0 Å². The Morgan fingerprint density at radius 1 is 1.42 bits per heavy atom. The van der Waals surface area contributed by atoms with Crippen LogP contribution in [-0.4, -0.2) is 0 Å². The van der Waals surface area contributed by atoms with Crippen LogP contribution in [0.15, 0.2) is 30.3 Å². The van der Waals surface area contributed by atoms with Gasteiger partial charge in [0, 0.05) is 6.54 Å². The van der Waals surface area contributed by atoms with Crippen molar-refractivity contribution < 1.29 is 0 Å². The van der Waals surface area contributed by atoms with Crippen LogP contribution in [0.25, 0.3) is 6.08 Å². The van der Waals surface area contributed by atoms with Crippen molar-refractivity contribution in [3.05, 3.63) is 41.5 Å². The second-order valence-electron chi connectivity index (χ2n) is 2.76. The molecule has 0 bridgehead atoms. The predicted octanol–water partition coefficient (Wildman–Crippen LogP) is 2.57. The molecule has 0 heterocycles. The highest BCUT2D eigenvalue weighted by Gasteiger charge is 1.88. The van der Waals surface area contributed by atoms with Crippen LogP contribution in [0.1, 0.15) is 24.5 Å². The van der Waals surface area contributed by atoms with E-state index in [1.54, 1.807) is 0 Å². The first-order valence-electron chi connectivity index (χ1n) is 4.32. The summed E-state index contributed by atoms with van der Waals surface area (Å²) in [6, 6.07) is 8.29. The zero-order valence-electron chi connectivity index (χ0n) is 7.46. The van der Waals surface area contributed by atoms with Crippen LogP contribution in [0.3, 0.4) is 0 Å². The molecule has 1 heteroatoms. The summed E-state index contributed by atoms with van der Waals surface area (Å²) in [4.78, 5) is 0. The van der Waals surface area contributed by atoms with Crippen LogP contribution >= 0.6 is 0 Å². The maximum absolute atomic E-state index is 5.52. The van der Waals surface area contributed by atoms with Crippen LogP contribution in [0.5, 0.6) is 0 Å². The molecule has 0 aromatic heterocycles. The third-order valence-corrected chi connectivity index (χ3v) is 1.73. The standard InChI is InChI=1S/C11H15N/c1-2-3-5-10-6-4-7-11(8-10)9-12/h3-8H,2,9,12H2,1H3/b5-3-. The van der Waals surface area contributed by atoms with E-state index in [0.717, 1.165) is 6.42 Å². The molecule has 0 aliphatic rings. The molecule has 64 valence electrons. The van der Waals surface area contributed by atoms with Gasteiger partial charge in [0.1, 0.15) is 0 Å². The number of nitrogens with two attached hydrogens (primary N) is 1. The van der Waals surface area contributed by atoms with E-state index in [0.29, 0.717) is 6.54 Å². The minimum absolute atomic E-state index is 0.619. The van der Waals surface area contributed by atoms with E-state index >= 15 is 0 Å². The van der Waals surface area contributed by atoms with E-state index in [9.17, 15) is 0 Å². The predicted molar refractivity (Wildman–Crippen MR) is 53.7 cm³/mol. The van der Waals surface area contributed by atoms with Gasteiger partial charge in [-0.25, -0.2) is 0 Å². The van der Waals surface area contributed by atoms with Gasteiger partial charge in [-0.05, 0) is 17.5 Å². The number of allylic oxidation sites excluding steroid dienone is 1. The summed E-state index contributed by atoms with van der Waals surface area (Å²) in [5.41, 5.74) is 7.95. The largest absolute Gasteiger partial charge is 0.326 e. The molecule has 12 heavy (non-hydrogen) atoms. The third kappa shape index (κ3) is 2.51. The maximum atomic E-state index is 5.52. The van der Waals surface area contributed by atoms with Crippen LogP contribution in [0.2, 0.25) is 0 Å². The van der Waals surface area contributed by atoms with Crippen molar-refractivity contribution in [3.63, 3.8) is 0 Å². The Labute approximate surface area is 73.9 Å². The molecular formula is C11H15N. The molecule has 0 aliphatic carbocycles. The Balaban J connectivity index is 2.79. The molecule has 1 nitrogen and oxygen atoms in total. The van der Waals surface area contributed by atoms with Crippen molar-refractivity contribution in [3.8, 4) is 0 Å². The molecule has 0 fully saturated rings. The highest BCUT2D eigenvalue weighted by atomic mass is 14.5. The molecule has 0 radical (unpaired) electrons. The van der Waals surface area contributed by atoms with Gasteiger partial charge in [-0.3, -0.25) is 0 Å². The lowest BCUT2D eigenvalue weighted by Gasteiger charge is -1.97. The second-order valence-corrected chi connectivity index (χ2v) is 2.76. The SMILES string of the molecule is CC/C=C\c1cccc(CN)c1. The molecule has 1 aromatic carbocycles. The summed E-state index contributed by atoms with van der Waals surface area (Å²) < 4.78 is 0. The van der Waals surface area contributed by atoms with Gasteiger partial charge in [0.25, 0.3) is 0 Å². The Bertz CT molecular complexity index is 263. The summed E-state index contributed by atoms with van der Waals surface area (Å²) in [6.45, 7) is 2.75. The highest BCUT2D eigenvalue weighted by molar-refractivity contribution is 5.50. The molecular weight excluding hydrogens is 146 g/mol. The Morgan fingerprint density at radius 2 is 2.25 bits per heavy atom. The van der Waals surface area contributed by atoms with E-state index in [4.69, 9.17) is 5.73 Å². The molecule has 0 aliphatic heterocycles. The second kappa shape index (κ2) is 4.73. The number of hydrogen-bond donors (Lipinski definition) is 1. The average molecular weight is 161 g/mol. The molecule has 2 N–H and O–H groups in total. The molecule has 0 saturated heterocycles. The van der Waals surface area contributed by atoms with Gasteiger partial charge < -0.3 is 5.73 Å². The zero-order chi connectivity index (χ0) is 8.81. The topological polar surface area (TPSA) is 26.0 Å². The fraction of sp³-hybridized carbons (Fsp3) is 0.273. The van der Waals surface area contributed by atoms with Crippen molar-refractivity contribution in [1.82, 2.24) is 0 Å². The fourth-order valence-corrected chi connectivity index (χ4v) is 1.08. The minimum Gasteiger partial charge on any atom is -0.326 e. The molecule has 0 unspecified atom stereocenters. The molecule has 1 rings (SSSR count). The van der Waals surface area contributed by atoms with E-state index in [2.05, 4.69) is 31.2 Å². The van der Waals surface area contributed by atoms with Crippen molar-refractivity contribution in [2.75, 3.05) is 0 Å². The van der Waals surface area contributed by atoms with Gasteiger partial charge >= 0.3 is 0 Å². The Morgan fingerprint density at radius 3 is 2.92 bits per heavy atom. The highest BCUT2D eigenvalue weighted by Crippen LogP contribution is 2.06. The van der Waals surface area contributed by atoms with E-state index in [1.165, 1.54) is 11.1 Å². The van der Waals surface area contributed by atoms with E-state index in [1.807, 2.05) is 12.1 Å². The van der Waals surface area contributed by atoms with Gasteiger partial charge in [0.2, 0.25) is 0 Å². The van der Waals surface area contributed by atoms with Crippen molar-refractivity contribution in [2.45, 2.75) is 19.9 Å². The molecule has 1 aromatic rings. The quantitative estimate of drug-likeness (QED) is 0.724. The summed E-state index contributed by atoms with van der Waals surface area (Å²) in [5.74, 6) is 0. The molecule has 0 saturated carbocycles.